The molecule has 0 nitrogen and oxygen atoms in total. The van der Waals surface area contributed by atoms with Gasteiger partial charge in [-0.2, -0.15) is 0 Å². The molecule has 27 heavy (non-hydrogen) atoms. The summed E-state index contributed by atoms with van der Waals surface area (Å²) in [5.41, 5.74) is 0.612. The molecule has 1 aromatic rings. The molecule has 2 aliphatic carbocycles. The van der Waals surface area contributed by atoms with Gasteiger partial charge in [-0.3, -0.25) is 0 Å². The van der Waals surface area contributed by atoms with E-state index in [1.807, 2.05) is 0 Å². The molecule has 146 valence electrons. The predicted molar refractivity (Wildman–Crippen MR) is 104 cm³/mol. The molecule has 0 heterocycles. The van der Waals surface area contributed by atoms with Crippen LogP contribution in [0.3, 0.4) is 0 Å². The molecule has 1 saturated carbocycles. The van der Waals surface area contributed by atoms with E-state index in [4.69, 9.17) is 0 Å². The van der Waals surface area contributed by atoms with Crippen LogP contribution in [0.15, 0.2) is 24.0 Å². The van der Waals surface area contributed by atoms with Gasteiger partial charge in [0.2, 0.25) is 0 Å². The standard InChI is InChI=1S/C24H29F3/c1-2-3-4-18-15-23(26)22(24(27)16-18)14-7-17-5-8-19(9-6-17)20-10-12-21(25)13-11-20/h12,15-17,19-20H,2-6,8-11,13H2,1H3. The molecule has 0 aliphatic heterocycles. The topological polar surface area (TPSA) is 0 Å². The van der Waals surface area contributed by atoms with Crippen LogP contribution < -0.4 is 0 Å². The Morgan fingerprint density at radius 2 is 1.67 bits per heavy atom. The third-order valence-electron chi connectivity index (χ3n) is 6.16. The first-order valence-electron chi connectivity index (χ1n) is 10.4. The van der Waals surface area contributed by atoms with Crippen LogP contribution in [0, 0.1) is 41.2 Å². The van der Waals surface area contributed by atoms with E-state index in [2.05, 4.69) is 18.8 Å². The summed E-state index contributed by atoms with van der Waals surface area (Å²) in [4.78, 5) is 0. The van der Waals surface area contributed by atoms with Crippen LogP contribution in [-0.4, -0.2) is 0 Å². The predicted octanol–water partition coefficient (Wildman–Crippen LogP) is 7.12. The van der Waals surface area contributed by atoms with Gasteiger partial charge in [-0.25, -0.2) is 13.2 Å². The second-order valence-corrected chi connectivity index (χ2v) is 8.10. The second kappa shape index (κ2) is 9.49. The van der Waals surface area contributed by atoms with E-state index in [0.29, 0.717) is 30.2 Å². The van der Waals surface area contributed by atoms with Crippen LogP contribution in [0.2, 0.25) is 0 Å². The van der Waals surface area contributed by atoms with E-state index < -0.39 is 11.6 Å². The third kappa shape index (κ3) is 5.41. The Morgan fingerprint density at radius 1 is 0.963 bits per heavy atom. The van der Waals surface area contributed by atoms with Crippen LogP contribution in [0.1, 0.15) is 75.8 Å². The highest BCUT2D eigenvalue weighted by atomic mass is 19.1. The summed E-state index contributed by atoms with van der Waals surface area (Å²) >= 11 is 0. The minimum Gasteiger partial charge on any atom is -0.212 e. The second-order valence-electron chi connectivity index (χ2n) is 8.10. The van der Waals surface area contributed by atoms with Gasteiger partial charge in [-0.15, -0.1) is 0 Å². The van der Waals surface area contributed by atoms with Crippen molar-refractivity contribution in [2.75, 3.05) is 0 Å². The van der Waals surface area contributed by atoms with E-state index in [0.717, 1.165) is 51.4 Å². The molecule has 0 bridgehead atoms. The first kappa shape index (κ1) is 20.1. The molecular weight excluding hydrogens is 345 g/mol. The quantitative estimate of drug-likeness (QED) is 0.492. The van der Waals surface area contributed by atoms with Gasteiger partial charge in [-0.1, -0.05) is 31.3 Å². The molecular formula is C24H29F3. The van der Waals surface area contributed by atoms with E-state index in [1.165, 1.54) is 12.1 Å². The van der Waals surface area contributed by atoms with Gasteiger partial charge < -0.3 is 0 Å². The van der Waals surface area contributed by atoms with Crippen LogP contribution in [0.4, 0.5) is 13.2 Å². The van der Waals surface area contributed by atoms with Crippen molar-refractivity contribution in [2.45, 2.75) is 71.1 Å². The highest BCUT2D eigenvalue weighted by Gasteiger charge is 2.28. The number of halogens is 3. The maximum atomic E-state index is 14.3. The summed E-state index contributed by atoms with van der Waals surface area (Å²) in [5.74, 6) is 6.27. The Kier molecular flexibility index (Phi) is 7.05. The number of rotatable bonds is 4. The van der Waals surface area contributed by atoms with Crippen molar-refractivity contribution in [3.05, 3.63) is 46.8 Å². The number of allylic oxidation sites excluding steroid dienone is 2. The summed E-state index contributed by atoms with van der Waals surface area (Å²) in [6.07, 6.45) is 10.9. The molecule has 2 aliphatic rings. The fraction of sp³-hybridized carbons (Fsp3) is 0.583. The van der Waals surface area contributed by atoms with Crippen molar-refractivity contribution < 1.29 is 13.2 Å². The molecule has 3 rings (SSSR count). The van der Waals surface area contributed by atoms with Crippen LogP contribution in [0.25, 0.3) is 0 Å². The van der Waals surface area contributed by atoms with Gasteiger partial charge in [0.05, 0.1) is 11.4 Å². The molecule has 0 aromatic heterocycles. The Balaban J connectivity index is 1.57. The van der Waals surface area contributed by atoms with Crippen molar-refractivity contribution in [3.63, 3.8) is 0 Å². The average Bonchev–Trinajstić information content (AvgIpc) is 2.67. The molecule has 0 radical (unpaired) electrons. The van der Waals surface area contributed by atoms with Gasteiger partial charge in [0.1, 0.15) is 11.6 Å². The maximum absolute atomic E-state index is 14.3. The zero-order valence-electron chi connectivity index (χ0n) is 16.2. The fourth-order valence-corrected chi connectivity index (χ4v) is 4.43. The summed E-state index contributed by atoms with van der Waals surface area (Å²) in [5, 5.41) is 0. The highest BCUT2D eigenvalue weighted by molar-refractivity contribution is 5.39. The molecule has 3 heteroatoms. The zero-order chi connectivity index (χ0) is 19.2. The van der Waals surface area contributed by atoms with Crippen molar-refractivity contribution >= 4 is 0 Å². The number of hydrogen-bond acceptors (Lipinski definition) is 0. The lowest BCUT2D eigenvalue weighted by atomic mass is 9.72. The number of aryl methyl sites for hydroxylation is 1. The van der Waals surface area contributed by atoms with E-state index in [1.54, 1.807) is 6.08 Å². The van der Waals surface area contributed by atoms with Gasteiger partial charge in [0.15, 0.2) is 0 Å². The first-order chi connectivity index (χ1) is 13.1. The fourth-order valence-electron chi connectivity index (χ4n) is 4.43. The van der Waals surface area contributed by atoms with E-state index in [9.17, 15) is 13.2 Å². The van der Waals surface area contributed by atoms with E-state index >= 15 is 0 Å². The van der Waals surface area contributed by atoms with E-state index in [-0.39, 0.29) is 17.3 Å². The van der Waals surface area contributed by atoms with Crippen LogP contribution >= 0.6 is 0 Å². The van der Waals surface area contributed by atoms with Gasteiger partial charge in [0.25, 0.3) is 0 Å². The summed E-state index contributed by atoms with van der Waals surface area (Å²) < 4.78 is 41.7. The van der Waals surface area contributed by atoms with Gasteiger partial charge in [0, 0.05) is 5.92 Å². The molecule has 1 atom stereocenters. The SMILES string of the molecule is CCCCc1cc(F)c(C#CC2CCC(C3CC=C(F)CC3)CC2)c(F)c1. The first-order valence-corrected chi connectivity index (χ1v) is 10.4. The van der Waals surface area contributed by atoms with Crippen LogP contribution in [0.5, 0.6) is 0 Å². The molecule has 1 unspecified atom stereocenters. The smallest absolute Gasteiger partial charge is 0.142 e. The van der Waals surface area contributed by atoms with Gasteiger partial charge >= 0.3 is 0 Å². The highest BCUT2D eigenvalue weighted by Crippen LogP contribution is 2.39. The number of benzene rings is 1. The normalized spacial score (nSPS) is 25.5. The van der Waals surface area contributed by atoms with Gasteiger partial charge in [-0.05, 0) is 87.3 Å². The zero-order valence-corrected chi connectivity index (χ0v) is 16.2. The lowest BCUT2D eigenvalue weighted by Crippen LogP contribution is -2.22. The van der Waals surface area contributed by atoms with Crippen molar-refractivity contribution in [1.29, 1.82) is 0 Å². The Labute approximate surface area is 161 Å². The summed E-state index contributed by atoms with van der Waals surface area (Å²) in [6, 6.07) is 2.85. The minimum absolute atomic E-state index is 0.0376. The monoisotopic (exact) mass is 374 g/mol. The molecule has 0 spiro atoms. The molecule has 1 aromatic carbocycles. The Morgan fingerprint density at radius 3 is 2.26 bits per heavy atom. The molecule has 0 N–H and O–H groups in total. The lowest BCUT2D eigenvalue weighted by Gasteiger charge is -2.33. The Hall–Kier alpha value is -1.69. The number of hydrogen-bond donors (Lipinski definition) is 0. The lowest BCUT2D eigenvalue weighted by molar-refractivity contribution is 0.208. The van der Waals surface area contributed by atoms with Crippen molar-refractivity contribution in [3.8, 4) is 11.8 Å². The largest absolute Gasteiger partial charge is 0.212 e. The van der Waals surface area contributed by atoms with Crippen molar-refractivity contribution in [2.24, 2.45) is 17.8 Å². The average molecular weight is 374 g/mol. The molecule has 0 saturated heterocycles. The molecule has 1 fully saturated rings. The maximum Gasteiger partial charge on any atom is 0.142 e. The molecule has 0 amide bonds. The van der Waals surface area contributed by atoms with Crippen molar-refractivity contribution in [1.82, 2.24) is 0 Å². The third-order valence-corrected chi connectivity index (χ3v) is 6.16. The minimum atomic E-state index is -0.543. The summed E-state index contributed by atoms with van der Waals surface area (Å²) in [7, 11) is 0. The van der Waals surface area contributed by atoms with Crippen LogP contribution in [-0.2, 0) is 6.42 Å². The Bertz CT molecular complexity index is 707. The summed E-state index contributed by atoms with van der Waals surface area (Å²) in [6.45, 7) is 2.06. The number of unbranched alkanes of at least 4 members (excludes halogenated alkanes) is 1.